The van der Waals surface area contributed by atoms with Gasteiger partial charge < -0.3 is 10.5 Å². The first-order chi connectivity index (χ1) is 7.63. The SMILES string of the molecule is CCCC[C@H](N)C(=O)OC1CCC(C)CC1. The third kappa shape index (κ3) is 4.52. The molecule has 3 nitrogen and oxygen atoms in total. The van der Waals surface area contributed by atoms with Crippen molar-refractivity contribution in [2.24, 2.45) is 11.7 Å². The van der Waals surface area contributed by atoms with Gasteiger partial charge in [0, 0.05) is 0 Å². The highest BCUT2D eigenvalue weighted by molar-refractivity contribution is 5.75. The summed E-state index contributed by atoms with van der Waals surface area (Å²) in [4.78, 5) is 11.7. The molecule has 0 saturated heterocycles. The van der Waals surface area contributed by atoms with Crippen LogP contribution in [0.3, 0.4) is 0 Å². The summed E-state index contributed by atoms with van der Waals surface area (Å²) in [5.41, 5.74) is 5.77. The van der Waals surface area contributed by atoms with Crippen LogP contribution in [0.2, 0.25) is 0 Å². The van der Waals surface area contributed by atoms with Crippen molar-refractivity contribution >= 4 is 5.97 Å². The fraction of sp³-hybridized carbons (Fsp3) is 0.923. The van der Waals surface area contributed by atoms with E-state index in [1.165, 1.54) is 12.8 Å². The highest BCUT2D eigenvalue weighted by Crippen LogP contribution is 2.25. The van der Waals surface area contributed by atoms with Crippen LogP contribution in [-0.4, -0.2) is 18.1 Å². The molecule has 0 spiro atoms. The summed E-state index contributed by atoms with van der Waals surface area (Å²) in [6.45, 7) is 4.35. The summed E-state index contributed by atoms with van der Waals surface area (Å²) in [6, 6.07) is -0.417. The number of ether oxygens (including phenoxy) is 1. The smallest absolute Gasteiger partial charge is 0.323 e. The molecule has 3 heteroatoms. The van der Waals surface area contributed by atoms with Crippen LogP contribution in [0.4, 0.5) is 0 Å². The van der Waals surface area contributed by atoms with Crippen LogP contribution >= 0.6 is 0 Å². The largest absolute Gasteiger partial charge is 0.461 e. The maximum Gasteiger partial charge on any atom is 0.323 e. The third-order valence-electron chi connectivity index (χ3n) is 3.42. The molecule has 0 aromatic rings. The van der Waals surface area contributed by atoms with Gasteiger partial charge in [0.15, 0.2) is 0 Å². The molecule has 1 atom stereocenters. The van der Waals surface area contributed by atoms with Gasteiger partial charge >= 0.3 is 5.97 Å². The summed E-state index contributed by atoms with van der Waals surface area (Å²) in [5.74, 6) is 0.580. The number of carbonyl (C=O) groups is 1. The topological polar surface area (TPSA) is 52.3 Å². The van der Waals surface area contributed by atoms with Crippen LogP contribution in [0.5, 0.6) is 0 Å². The Morgan fingerprint density at radius 2 is 2.00 bits per heavy atom. The molecule has 2 N–H and O–H groups in total. The molecule has 0 heterocycles. The molecule has 0 aromatic carbocycles. The Morgan fingerprint density at radius 1 is 1.38 bits per heavy atom. The number of hydrogen-bond donors (Lipinski definition) is 1. The number of unbranched alkanes of at least 4 members (excludes halogenated alkanes) is 1. The van der Waals surface area contributed by atoms with Gasteiger partial charge in [-0.05, 0) is 38.0 Å². The first-order valence-electron chi connectivity index (χ1n) is 6.59. The van der Waals surface area contributed by atoms with Gasteiger partial charge in [-0.3, -0.25) is 4.79 Å². The third-order valence-corrected chi connectivity index (χ3v) is 3.42. The average Bonchev–Trinajstić information content (AvgIpc) is 2.29. The first-order valence-corrected chi connectivity index (χ1v) is 6.59. The Hall–Kier alpha value is -0.570. The Morgan fingerprint density at radius 3 is 2.56 bits per heavy atom. The maximum absolute atomic E-state index is 11.7. The van der Waals surface area contributed by atoms with E-state index in [4.69, 9.17) is 10.5 Å². The Bertz CT molecular complexity index is 210. The molecule has 1 saturated carbocycles. The Kier molecular flexibility index (Phi) is 5.81. The monoisotopic (exact) mass is 227 g/mol. The quantitative estimate of drug-likeness (QED) is 0.735. The minimum Gasteiger partial charge on any atom is -0.461 e. The fourth-order valence-corrected chi connectivity index (χ4v) is 2.14. The van der Waals surface area contributed by atoms with E-state index in [1.807, 2.05) is 0 Å². The average molecular weight is 227 g/mol. The highest BCUT2D eigenvalue weighted by Gasteiger charge is 2.23. The standard InChI is InChI=1S/C13H25NO2/c1-3-4-5-12(14)13(15)16-11-8-6-10(2)7-9-11/h10-12H,3-9,14H2,1-2H3/t10?,11?,12-/m0/s1. The minimum atomic E-state index is -0.417. The van der Waals surface area contributed by atoms with Gasteiger partial charge in [0.25, 0.3) is 0 Å². The Labute approximate surface area is 98.7 Å². The van der Waals surface area contributed by atoms with Gasteiger partial charge in [-0.25, -0.2) is 0 Å². The van der Waals surface area contributed by atoms with Crippen molar-refractivity contribution in [3.63, 3.8) is 0 Å². The predicted molar refractivity (Wildman–Crippen MR) is 65.0 cm³/mol. The van der Waals surface area contributed by atoms with E-state index < -0.39 is 6.04 Å². The zero-order chi connectivity index (χ0) is 12.0. The van der Waals surface area contributed by atoms with Crippen LogP contribution < -0.4 is 5.73 Å². The zero-order valence-corrected chi connectivity index (χ0v) is 10.6. The molecule has 1 aliphatic rings. The van der Waals surface area contributed by atoms with E-state index in [0.717, 1.165) is 38.0 Å². The lowest BCUT2D eigenvalue weighted by Gasteiger charge is -2.27. The molecule has 94 valence electrons. The lowest BCUT2D eigenvalue weighted by molar-refractivity contribution is -0.152. The van der Waals surface area contributed by atoms with E-state index in [-0.39, 0.29) is 12.1 Å². The van der Waals surface area contributed by atoms with E-state index in [2.05, 4.69) is 13.8 Å². The van der Waals surface area contributed by atoms with E-state index in [0.29, 0.717) is 0 Å². The summed E-state index contributed by atoms with van der Waals surface area (Å²) in [6.07, 6.45) is 7.29. The molecular weight excluding hydrogens is 202 g/mol. The summed E-state index contributed by atoms with van der Waals surface area (Å²) in [7, 11) is 0. The molecule has 0 radical (unpaired) electrons. The molecular formula is C13H25NO2. The van der Waals surface area contributed by atoms with Crippen molar-refractivity contribution in [2.75, 3.05) is 0 Å². The zero-order valence-electron chi connectivity index (χ0n) is 10.6. The van der Waals surface area contributed by atoms with Crippen molar-refractivity contribution in [1.29, 1.82) is 0 Å². The molecule has 1 aliphatic carbocycles. The molecule has 0 amide bonds. The van der Waals surface area contributed by atoms with Crippen molar-refractivity contribution in [1.82, 2.24) is 0 Å². The second-order valence-electron chi connectivity index (χ2n) is 5.07. The number of rotatable bonds is 5. The maximum atomic E-state index is 11.7. The minimum absolute atomic E-state index is 0.122. The van der Waals surface area contributed by atoms with E-state index >= 15 is 0 Å². The van der Waals surface area contributed by atoms with Crippen molar-refractivity contribution in [3.8, 4) is 0 Å². The number of hydrogen-bond acceptors (Lipinski definition) is 3. The molecule has 0 aromatic heterocycles. The highest BCUT2D eigenvalue weighted by atomic mass is 16.5. The lowest BCUT2D eigenvalue weighted by atomic mass is 9.89. The number of esters is 1. The van der Waals surface area contributed by atoms with Crippen molar-refractivity contribution in [2.45, 2.75) is 70.9 Å². The van der Waals surface area contributed by atoms with Crippen LogP contribution in [0.1, 0.15) is 58.8 Å². The fourth-order valence-electron chi connectivity index (χ4n) is 2.14. The molecule has 1 fully saturated rings. The van der Waals surface area contributed by atoms with Gasteiger partial charge in [0.2, 0.25) is 0 Å². The molecule has 1 rings (SSSR count). The van der Waals surface area contributed by atoms with Gasteiger partial charge in [-0.15, -0.1) is 0 Å². The molecule has 16 heavy (non-hydrogen) atoms. The second kappa shape index (κ2) is 6.89. The van der Waals surface area contributed by atoms with Crippen LogP contribution in [0, 0.1) is 5.92 Å². The van der Waals surface area contributed by atoms with E-state index in [1.54, 1.807) is 0 Å². The lowest BCUT2D eigenvalue weighted by Crippen LogP contribution is -2.36. The first kappa shape index (κ1) is 13.5. The molecule has 0 unspecified atom stereocenters. The normalized spacial score (nSPS) is 27.4. The van der Waals surface area contributed by atoms with Gasteiger partial charge in [-0.1, -0.05) is 26.7 Å². The van der Waals surface area contributed by atoms with E-state index in [9.17, 15) is 4.79 Å². The van der Waals surface area contributed by atoms with Crippen LogP contribution in [0.25, 0.3) is 0 Å². The number of nitrogens with two attached hydrogens (primary N) is 1. The van der Waals surface area contributed by atoms with Crippen molar-refractivity contribution < 1.29 is 9.53 Å². The van der Waals surface area contributed by atoms with Gasteiger partial charge in [0.05, 0.1) is 0 Å². The van der Waals surface area contributed by atoms with Gasteiger partial charge in [-0.2, -0.15) is 0 Å². The summed E-state index contributed by atoms with van der Waals surface area (Å²) >= 11 is 0. The van der Waals surface area contributed by atoms with Crippen molar-refractivity contribution in [3.05, 3.63) is 0 Å². The Balaban J connectivity index is 2.22. The summed E-state index contributed by atoms with van der Waals surface area (Å²) in [5, 5.41) is 0. The molecule has 0 bridgehead atoms. The second-order valence-corrected chi connectivity index (χ2v) is 5.07. The molecule has 0 aliphatic heterocycles. The predicted octanol–water partition coefficient (Wildman–Crippen LogP) is 2.63. The van der Waals surface area contributed by atoms with Crippen LogP contribution in [-0.2, 0) is 9.53 Å². The summed E-state index contributed by atoms with van der Waals surface area (Å²) < 4.78 is 5.43. The number of carbonyl (C=O) groups excluding carboxylic acids is 1. The van der Waals surface area contributed by atoms with Crippen LogP contribution in [0.15, 0.2) is 0 Å². The van der Waals surface area contributed by atoms with Gasteiger partial charge in [0.1, 0.15) is 12.1 Å².